The van der Waals surface area contributed by atoms with Crippen molar-refractivity contribution in [1.82, 2.24) is 9.55 Å². The predicted molar refractivity (Wildman–Crippen MR) is 144 cm³/mol. The molecule has 3 nitrogen and oxygen atoms in total. The number of aryl methyl sites for hydroxylation is 4. The number of hydrogen-bond donors (Lipinski definition) is 0. The number of nitrogens with zero attached hydrogens (tertiary/aromatic N) is 2. The van der Waals surface area contributed by atoms with Gasteiger partial charge in [0.15, 0.2) is 0 Å². The van der Waals surface area contributed by atoms with Gasteiger partial charge in [-0.3, -0.25) is 0 Å². The first-order valence-electron chi connectivity index (χ1n) is 12.2. The minimum atomic E-state index is -0.284. The smallest absolute Gasteiger partial charge is 0.144 e. The zero-order valence-corrected chi connectivity index (χ0v) is 21.0. The van der Waals surface area contributed by atoms with E-state index in [0.29, 0.717) is 6.61 Å². The largest absolute Gasteiger partial charge is 0.361 e. The van der Waals surface area contributed by atoms with Crippen molar-refractivity contribution in [3.05, 3.63) is 136 Å². The van der Waals surface area contributed by atoms with E-state index in [9.17, 15) is 0 Å². The molecule has 0 fully saturated rings. The molecule has 0 N–H and O–H groups in total. The quantitative estimate of drug-likeness (QED) is 0.250. The van der Waals surface area contributed by atoms with Crippen molar-refractivity contribution < 1.29 is 4.74 Å². The third kappa shape index (κ3) is 4.91. The number of fused-ring (bicyclic) bond motifs is 1. The van der Waals surface area contributed by atoms with Gasteiger partial charge in [0.1, 0.15) is 11.9 Å². The van der Waals surface area contributed by atoms with Gasteiger partial charge in [0.25, 0.3) is 0 Å². The lowest BCUT2D eigenvalue weighted by Gasteiger charge is -2.21. The molecular weight excluding hydrogens is 428 g/mol. The number of rotatable bonds is 7. The van der Waals surface area contributed by atoms with Crippen molar-refractivity contribution in [2.75, 3.05) is 0 Å². The average molecular weight is 461 g/mol. The van der Waals surface area contributed by atoms with Crippen LogP contribution in [0.15, 0.2) is 91.0 Å². The summed E-state index contributed by atoms with van der Waals surface area (Å²) in [6.45, 7) is 9.88. The first-order chi connectivity index (χ1) is 17.0. The normalized spacial score (nSPS) is 12.2. The Bertz CT molecular complexity index is 1470. The van der Waals surface area contributed by atoms with Gasteiger partial charge >= 0.3 is 0 Å². The molecule has 1 unspecified atom stereocenters. The van der Waals surface area contributed by atoms with E-state index in [4.69, 9.17) is 9.72 Å². The van der Waals surface area contributed by atoms with Crippen molar-refractivity contribution in [2.45, 2.75) is 47.0 Å². The maximum atomic E-state index is 6.71. The second-order valence-corrected chi connectivity index (χ2v) is 9.51. The number of aromatic nitrogens is 2. The first kappa shape index (κ1) is 23.1. The lowest BCUT2D eigenvalue weighted by molar-refractivity contribution is 0.0589. The van der Waals surface area contributed by atoms with Crippen LogP contribution >= 0.6 is 0 Å². The lowest BCUT2D eigenvalue weighted by Crippen LogP contribution is -2.15. The second kappa shape index (κ2) is 9.89. The SMILES string of the molecule is Cc1ccc(C)c(COC(c2ccccc2)c2nc3ccccc3n2Cc2cc(C)ccc2C)c1. The summed E-state index contributed by atoms with van der Waals surface area (Å²) in [5.74, 6) is 0.934. The monoisotopic (exact) mass is 460 g/mol. The Morgan fingerprint density at radius 1 is 0.714 bits per heavy atom. The number of hydrogen-bond acceptors (Lipinski definition) is 2. The van der Waals surface area contributed by atoms with Crippen LogP contribution in [-0.2, 0) is 17.9 Å². The molecule has 0 aliphatic rings. The molecule has 0 radical (unpaired) electrons. The van der Waals surface area contributed by atoms with Gasteiger partial charge in [0.05, 0.1) is 17.6 Å². The highest BCUT2D eigenvalue weighted by molar-refractivity contribution is 5.76. The molecule has 1 aromatic heterocycles. The van der Waals surface area contributed by atoms with Gasteiger partial charge < -0.3 is 9.30 Å². The number of benzene rings is 4. The van der Waals surface area contributed by atoms with Crippen LogP contribution in [0.3, 0.4) is 0 Å². The van der Waals surface area contributed by atoms with Crippen LogP contribution in [0.5, 0.6) is 0 Å². The van der Waals surface area contributed by atoms with E-state index < -0.39 is 0 Å². The summed E-state index contributed by atoms with van der Waals surface area (Å²) in [4.78, 5) is 5.13. The van der Waals surface area contributed by atoms with Crippen LogP contribution in [-0.4, -0.2) is 9.55 Å². The topological polar surface area (TPSA) is 27.1 Å². The van der Waals surface area contributed by atoms with E-state index in [1.165, 1.54) is 33.4 Å². The molecule has 176 valence electrons. The van der Waals surface area contributed by atoms with Crippen LogP contribution in [0.4, 0.5) is 0 Å². The summed E-state index contributed by atoms with van der Waals surface area (Å²) in [6, 6.07) is 32.0. The van der Waals surface area contributed by atoms with E-state index in [1.54, 1.807) is 0 Å². The van der Waals surface area contributed by atoms with Gasteiger partial charge in [-0.15, -0.1) is 0 Å². The Hall–Kier alpha value is -3.69. The third-order valence-corrected chi connectivity index (χ3v) is 6.76. The number of para-hydroxylation sites is 2. The van der Waals surface area contributed by atoms with Crippen LogP contribution in [0.1, 0.15) is 50.9 Å². The number of ether oxygens (including phenoxy) is 1. The molecule has 1 heterocycles. The minimum absolute atomic E-state index is 0.284. The maximum Gasteiger partial charge on any atom is 0.144 e. The Kier molecular flexibility index (Phi) is 6.52. The van der Waals surface area contributed by atoms with Crippen molar-refractivity contribution in [2.24, 2.45) is 0 Å². The molecule has 3 heteroatoms. The molecule has 0 saturated heterocycles. The lowest BCUT2D eigenvalue weighted by atomic mass is 10.0. The van der Waals surface area contributed by atoms with Gasteiger partial charge in [-0.05, 0) is 67.6 Å². The van der Waals surface area contributed by atoms with Crippen molar-refractivity contribution in [3.8, 4) is 0 Å². The molecule has 5 rings (SSSR count). The molecule has 0 spiro atoms. The predicted octanol–water partition coefficient (Wildman–Crippen LogP) is 7.62. The fraction of sp³-hybridized carbons (Fsp3) is 0.219. The highest BCUT2D eigenvalue weighted by Gasteiger charge is 2.24. The number of imidazole rings is 1. The highest BCUT2D eigenvalue weighted by atomic mass is 16.5. The molecule has 35 heavy (non-hydrogen) atoms. The molecule has 5 aromatic rings. The van der Waals surface area contributed by atoms with Crippen molar-refractivity contribution in [1.29, 1.82) is 0 Å². The Labute approximate surface area is 208 Å². The summed E-state index contributed by atoms with van der Waals surface area (Å²) in [7, 11) is 0. The standard InChI is InChI=1S/C32H32N2O/c1-22-14-16-24(3)27(18-22)20-34-30-13-9-8-12-29(30)33-32(34)31(26-10-6-5-7-11-26)35-21-28-19-23(2)15-17-25(28)4/h5-19,31H,20-21H2,1-4H3. The van der Waals surface area contributed by atoms with Crippen molar-refractivity contribution >= 4 is 11.0 Å². The van der Waals surface area contributed by atoms with Crippen molar-refractivity contribution in [3.63, 3.8) is 0 Å². The first-order valence-corrected chi connectivity index (χ1v) is 12.2. The fourth-order valence-electron chi connectivity index (χ4n) is 4.68. The van der Waals surface area contributed by atoms with Gasteiger partial charge in [-0.2, -0.15) is 0 Å². The molecule has 0 bridgehead atoms. The second-order valence-electron chi connectivity index (χ2n) is 9.51. The van der Waals surface area contributed by atoms with E-state index in [-0.39, 0.29) is 6.10 Å². The third-order valence-electron chi connectivity index (χ3n) is 6.76. The Balaban J connectivity index is 1.61. The Morgan fingerprint density at radius 2 is 1.34 bits per heavy atom. The zero-order chi connectivity index (χ0) is 24.4. The van der Waals surface area contributed by atoms with Gasteiger partial charge in [0.2, 0.25) is 0 Å². The van der Waals surface area contributed by atoms with E-state index in [1.807, 2.05) is 6.07 Å². The molecule has 1 atom stereocenters. The summed E-state index contributed by atoms with van der Waals surface area (Å²) in [5.41, 5.74) is 10.8. The average Bonchev–Trinajstić information content (AvgIpc) is 3.22. The molecule has 0 saturated carbocycles. The zero-order valence-electron chi connectivity index (χ0n) is 21.0. The molecule has 0 aliphatic carbocycles. The summed E-state index contributed by atoms with van der Waals surface area (Å²) < 4.78 is 9.05. The molecular formula is C32H32N2O. The van der Waals surface area contributed by atoms with E-state index in [0.717, 1.165) is 29.0 Å². The van der Waals surface area contributed by atoms with E-state index in [2.05, 4.69) is 117 Å². The van der Waals surface area contributed by atoms with Crippen LogP contribution in [0, 0.1) is 27.7 Å². The molecule has 4 aromatic carbocycles. The highest BCUT2D eigenvalue weighted by Crippen LogP contribution is 2.31. The molecule has 0 aliphatic heterocycles. The summed E-state index contributed by atoms with van der Waals surface area (Å²) >= 11 is 0. The van der Waals surface area contributed by atoms with Crippen LogP contribution < -0.4 is 0 Å². The summed E-state index contributed by atoms with van der Waals surface area (Å²) in [6.07, 6.45) is -0.284. The van der Waals surface area contributed by atoms with Gasteiger partial charge in [-0.1, -0.05) is 90.0 Å². The van der Waals surface area contributed by atoms with Crippen LogP contribution in [0.2, 0.25) is 0 Å². The van der Waals surface area contributed by atoms with Gasteiger partial charge in [-0.25, -0.2) is 4.98 Å². The maximum absolute atomic E-state index is 6.71. The minimum Gasteiger partial charge on any atom is -0.361 e. The van der Waals surface area contributed by atoms with Gasteiger partial charge in [0, 0.05) is 6.54 Å². The van der Waals surface area contributed by atoms with Crippen LogP contribution in [0.25, 0.3) is 11.0 Å². The Morgan fingerprint density at radius 3 is 2.09 bits per heavy atom. The summed E-state index contributed by atoms with van der Waals surface area (Å²) in [5, 5.41) is 0. The fourth-order valence-corrected chi connectivity index (χ4v) is 4.68. The molecule has 0 amide bonds. The van der Waals surface area contributed by atoms with E-state index >= 15 is 0 Å².